The standard InChI is InChI=1S/C22H25NO2/c1-14(2)13-23-22(17-11-9-16(10-12-17)15(3)4)20(24)18-7-5-6-8-19(18)21(22)25/h5-12,14-15,23H,13H2,1-4H3. The molecule has 130 valence electrons. The van der Waals surface area contributed by atoms with Gasteiger partial charge in [-0.3, -0.25) is 14.9 Å². The minimum Gasteiger partial charge on any atom is -0.294 e. The first-order valence-corrected chi connectivity index (χ1v) is 8.92. The van der Waals surface area contributed by atoms with Crippen LogP contribution in [0.1, 0.15) is 65.5 Å². The Morgan fingerprint density at radius 3 is 1.80 bits per heavy atom. The molecule has 3 nitrogen and oxygen atoms in total. The van der Waals surface area contributed by atoms with Crippen LogP contribution in [0.3, 0.4) is 0 Å². The lowest BCUT2D eigenvalue weighted by molar-refractivity contribution is 0.0751. The van der Waals surface area contributed by atoms with E-state index in [-0.39, 0.29) is 11.6 Å². The van der Waals surface area contributed by atoms with Crippen molar-refractivity contribution >= 4 is 11.6 Å². The van der Waals surface area contributed by atoms with Gasteiger partial charge in [0.2, 0.25) is 0 Å². The maximum atomic E-state index is 13.3. The normalized spacial score (nSPS) is 15.9. The van der Waals surface area contributed by atoms with E-state index in [4.69, 9.17) is 0 Å². The largest absolute Gasteiger partial charge is 0.294 e. The lowest BCUT2D eigenvalue weighted by Crippen LogP contribution is -2.52. The zero-order valence-corrected chi connectivity index (χ0v) is 15.3. The molecule has 0 unspecified atom stereocenters. The van der Waals surface area contributed by atoms with E-state index in [0.29, 0.717) is 29.5 Å². The molecular formula is C22H25NO2. The predicted octanol–water partition coefficient (Wildman–Crippen LogP) is 4.33. The van der Waals surface area contributed by atoms with Gasteiger partial charge in [0.05, 0.1) is 0 Å². The van der Waals surface area contributed by atoms with Crippen molar-refractivity contribution in [3.05, 3.63) is 70.8 Å². The second kappa shape index (κ2) is 6.57. The van der Waals surface area contributed by atoms with E-state index in [2.05, 4.69) is 33.0 Å². The molecule has 2 aromatic rings. The molecule has 1 aliphatic carbocycles. The first-order chi connectivity index (χ1) is 11.9. The molecule has 0 aliphatic heterocycles. The number of carbonyl (C=O) groups is 2. The van der Waals surface area contributed by atoms with Crippen molar-refractivity contribution in [2.45, 2.75) is 39.2 Å². The van der Waals surface area contributed by atoms with Crippen LogP contribution in [0.4, 0.5) is 0 Å². The van der Waals surface area contributed by atoms with Crippen LogP contribution in [0.2, 0.25) is 0 Å². The number of Topliss-reactive ketones (excluding diaryl/α,β-unsaturated/α-hetero) is 2. The Balaban J connectivity index is 2.12. The Hall–Kier alpha value is -2.26. The van der Waals surface area contributed by atoms with E-state index in [9.17, 15) is 9.59 Å². The van der Waals surface area contributed by atoms with Crippen LogP contribution in [0, 0.1) is 5.92 Å². The zero-order chi connectivity index (χ0) is 18.2. The highest BCUT2D eigenvalue weighted by Gasteiger charge is 2.53. The summed E-state index contributed by atoms with van der Waals surface area (Å²) in [6, 6.07) is 15.0. The highest BCUT2D eigenvalue weighted by molar-refractivity contribution is 6.32. The van der Waals surface area contributed by atoms with Gasteiger partial charge >= 0.3 is 0 Å². The SMILES string of the molecule is CC(C)CNC1(c2ccc(C(C)C)cc2)C(=O)c2ccccc2C1=O. The number of rotatable bonds is 5. The monoisotopic (exact) mass is 335 g/mol. The van der Waals surface area contributed by atoms with Gasteiger partial charge in [0.25, 0.3) is 0 Å². The number of carbonyl (C=O) groups excluding carboxylic acids is 2. The lowest BCUT2D eigenvalue weighted by atomic mass is 9.83. The topological polar surface area (TPSA) is 46.2 Å². The summed E-state index contributed by atoms with van der Waals surface area (Å²) < 4.78 is 0. The molecule has 0 atom stereocenters. The van der Waals surface area contributed by atoms with E-state index < -0.39 is 5.54 Å². The Kier molecular flexibility index (Phi) is 4.61. The summed E-state index contributed by atoms with van der Waals surface area (Å²) in [6.45, 7) is 8.99. The van der Waals surface area contributed by atoms with Gasteiger partial charge < -0.3 is 0 Å². The van der Waals surface area contributed by atoms with Crippen LogP contribution >= 0.6 is 0 Å². The molecule has 0 spiro atoms. The fourth-order valence-electron chi connectivity index (χ4n) is 3.39. The van der Waals surface area contributed by atoms with Crippen molar-refractivity contribution in [1.29, 1.82) is 0 Å². The quantitative estimate of drug-likeness (QED) is 0.827. The van der Waals surface area contributed by atoms with E-state index in [1.54, 1.807) is 12.1 Å². The highest BCUT2D eigenvalue weighted by atomic mass is 16.2. The molecule has 1 aliphatic rings. The number of benzene rings is 2. The summed E-state index contributed by atoms with van der Waals surface area (Å²) in [7, 11) is 0. The first kappa shape index (κ1) is 17.6. The Morgan fingerprint density at radius 2 is 1.36 bits per heavy atom. The van der Waals surface area contributed by atoms with Crippen molar-refractivity contribution in [2.75, 3.05) is 6.54 Å². The summed E-state index contributed by atoms with van der Waals surface area (Å²) in [5.74, 6) is 0.439. The smallest absolute Gasteiger partial charge is 0.196 e. The molecule has 0 heterocycles. The van der Waals surface area contributed by atoms with Crippen LogP contribution in [0.5, 0.6) is 0 Å². The number of fused-ring (bicyclic) bond motifs is 1. The van der Waals surface area contributed by atoms with Gasteiger partial charge in [-0.1, -0.05) is 76.2 Å². The lowest BCUT2D eigenvalue weighted by Gasteiger charge is -2.29. The van der Waals surface area contributed by atoms with Gasteiger partial charge in [-0.15, -0.1) is 0 Å². The third-order valence-corrected chi connectivity index (χ3v) is 4.88. The second-order valence-electron chi connectivity index (χ2n) is 7.51. The van der Waals surface area contributed by atoms with Crippen molar-refractivity contribution in [3.63, 3.8) is 0 Å². The Morgan fingerprint density at radius 1 is 0.840 bits per heavy atom. The molecule has 0 fully saturated rings. The third kappa shape index (κ3) is 2.83. The van der Waals surface area contributed by atoms with Gasteiger partial charge in [-0.05, 0) is 29.5 Å². The van der Waals surface area contributed by atoms with Gasteiger partial charge in [-0.2, -0.15) is 0 Å². The summed E-state index contributed by atoms with van der Waals surface area (Å²) in [5, 5.41) is 3.31. The molecule has 0 radical (unpaired) electrons. The highest BCUT2D eigenvalue weighted by Crippen LogP contribution is 2.38. The zero-order valence-electron chi connectivity index (χ0n) is 15.3. The molecule has 0 saturated heterocycles. The average molecular weight is 335 g/mol. The van der Waals surface area contributed by atoms with Crippen molar-refractivity contribution in [2.24, 2.45) is 5.92 Å². The van der Waals surface area contributed by atoms with E-state index in [1.165, 1.54) is 5.56 Å². The van der Waals surface area contributed by atoms with E-state index in [0.717, 1.165) is 5.56 Å². The minimum absolute atomic E-state index is 0.147. The molecular weight excluding hydrogens is 310 g/mol. The number of hydrogen-bond acceptors (Lipinski definition) is 3. The van der Waals surface area contributed by atoms with Crippen LogP contribution in [-0.4, -0.2) is 18.1 Å². The maximum absolute atomic E-state index is 13.3. The van der Waals surface area contributed by atoms with E-state index in [1.807, 2.05) is 36.4 Å². The van der Waals surface area contributed by atoms with Crippen molar-refractivity contribution in [1.82, 2.24) is 5.32 Å². The van der Waals surface area contributed by atoms with E-state index >= 15 is 0 Å². The molecule has 3 heteroatoms. The molecule has 3 rings (SSSR count). The summed E-state index contributed by atoms with van der Waals surface area (Å²) in [6.07, 6.45) is 0. The van der Waals surface area contributed by atoms with Gasteiger partial charge in [0.15, 0.2) is 17.1 Å². The molecule has 25 heavy (non-hydrogen) atoms. The first-order valence-electron chi connectivity index (χ1n) is 8.92. The summed E-state index contributed by atoms with van der Waals surface area (Å²) >= 11 is 0. The predicted molar refractivity (Wildman–Crippen MR) is 100 cm³/mol. The van der Waals surface area contributed by atoms with Gasteiger partial charge in [0, 0.05) is 11.1 Å². The third-order valence-electron chi connectivity index (χ3n) is 4.88. The number of hydrogen-bond donors (Lipinski definition) is 1. The molecule has 2 aromatic carbocycles. The number of ketones is 2. The van der Waals surface area contributed by atoms with Crippen molar-refractivity contribution in [3.8, 4) is 0 Å². The average Bonchev–Trinajstić information content (AvgIpc) is 2.82. The van der Waals surface area contributed by atoms with Crippen LogP contribution in [-0.2, 0) is 5.54 Å². The fourth-order valence-corrected chi connectivity index (χ4v) is 3.39. The van der Waals surface area contributed by atoms with Crippen LogP contribution in [0.25, 0.3) is 0 Å². The maximum Gasteiger partial charge on any atom is 0.196 e. The second-order valence-corrected chi connectivity index (χ2v) is 7.51. The minimum atomic E-state index is -1.30. The summed E-state index contributed by atoms with van der Waals surface area (Å²) in [5.41, 5.74) is 1.64. The Labute approximate surface area is 149 Å². The molecule has 0 aromatic heterocycles. The summed E-state index contributed by atoms with van der Waals surface area (Å²) in [4.78, 5) is 26.6. The molecule has 0 bridgehead atoms. The molecule has 0 amide bonds. The van der Waals surface area contributed by atoms with Gasteiger partial charge in [0.1, 0.15) is 0 Å². The number of nitrogens with one attached hydrogen (secondary N) is 1. The van der Waals surface area contributed by atoms with Crippen LogP contribution in [0.15, 0.2) is 48.5 Å². The fraction of sp³-hybridized carbons (Fsp3) is 0.364. The van der Waals surface area contributed by atoms with Gasteiger partial charge in [-0.25, -0.2) is 0 Å². The Bertz CT molecular complexity index is 768. The van der Waals surface area contributed by atoms with Crippen LogP contribution < -0.4 is 5.32 Å². The molecule has 1 N–H and O–H groups in total. The van der Waals surface area contributed by atoms with Crippen molar-refractivity contribution < 1.29 is 9.59 Å². The molecule has 0 saturated carbocycles.